The fraction of sp³-hybridized carbons (Fsp3) is 0.333. The monoisotopic (exact) mass is 215 g/mol. The lowest BCUT2D eigenvalue weighted by Crippen LogP contribution is -2.12. The van der Waals surface area contributed by atoms with Gasteiger partial charge in [0.15, 0.2) is 0 Å². The Kier molecular flexibility index (Phi) is 7.10. The molecule has 86 valence electrons. The average molecular weight is 215 g/mol. The average Bonchev–Trinajstić information content (AvgIpc) is 2.34. The number of hydrogen-bond acceptors (Lipinski definition) is 1. The molecule has 1 heteroatoms. The van der Waals surface area contributed by atoms with Gasteiger partial charge in [-0.15, -0.1) is 6.58 Å². The second-order valence-electron chi connectivity index (χ2n) is 3.81. The number of nitrogens with one attached hydrogen (secondary N) is 1. The third-order valence-corrected chi connectivity index (χ3v) is 2.38. The van der Waals surface area contributed by atoms with Crippen molar-refractivity contribution in [3.05, 3.63) is 60.7 Å². The summed E-state index contributed by atoms with van der Waals surface area (Å²) in [4.78, 5) is 0. The second-order valence-corrected chi connectivity index (χ2v) is 3.81. The molecule has 0 radical (unpaired) electrons. The molecule has 1 nitrogen and oxygen atoms in total. The molecule has 0 aliphatic heterocycles. The van der Waals surface area contributed by atoms with Crippen LogP contribution in [0.3, 0.4) is 0 Å². The summed E-state index contributed by atoms with van der Waals surface area (Å²) in [6.07, 6.45) is 9.88. The summed E-state index contributed by atoms with van der Waals surface area (Å²) >= 11 is 0. The first-order chi connectivity index (χ1) is 7.93. The van der Waals surface area contributed by atoms with Gasteiger partial charge in [-0.25, -0.2) is 0 Å². The number of unbranched alkanes of at least 4 members (excludes halogenated alkanes) is 2. The summed E-state index contributed by atoms with van der Waals surface area (Å²) in [7, 11) is 0. The van der Waals surface area contributed by atoms with Crippen molar-refractivity contribution < 1.29 is 0 Å². The minimum absolute atomic E-state index is 0.942. The first kappa shape index (κ1) is 12.7. The molecule has 1 N–H and O–H groups in total. The molecule has 1 aromatic carbocycles. The second kappa shape index (κ2) is 8.93. The summed E-state index contributed by atoms with van der Waals surface area (Å²) in [5.74, 6) is 0. The van der Waals surface area contributed by atoms with Gasteiger partial charge in [-0.3, -0.25) is 0 Å². The van der Waals surface area contributed by atoms with Crippen LogP contribution in [0, 0.1) is 0 Å². The molecule has 1 rings (SSSR count). The van der Waals surface area contributed by atoms with Crippen molar-refractivity contribution in [3.63, 3.8) is 0 Å². The van der Waals surface area contributed by atoms with Crippen LogP contribution < -0.4 is 5.32 Å². The maximum Gasteiger partial charge on any atom is 0.0208 e. The highest BCUT2D eigenvalue weighted by molar-refractivity contribution is 5.14. The van der Waals surface area contributed by atoms with Crippen molar-refractivity contribution >= 4 is 0 Å². The van der Waals surface area contributed by atoms with Crippen LogP contribution in [0.1, 0.15) is 24.8 Å². The Balaban J connectivity index is 2.01. The predicted octanol–water partition coefficient (Wildman–Crippen LogP) is 3.69. The van der Waals surface area contributed by atoms with Gasteiger partial charge in [0.05, 0.1) is 0 Å². The van der Waals surface area contributed by atoms with Crippen LogP contribution in [0.2, 0.25) is 0 Å². The molecule has 0 atom stereocenters. The molecule has 0 bridgehead atoms. The van der Waals surface area contributed by atoms with E-state index >= 15 is 0 Å². The third-order valence-electron chi connectivity index (χ3n) is 2.38. The summed E-state index contributed by atoms with van der Waals surface area (Å²) in [6.45, 7) is 5.59. The SMILES string of the molecule is C=CCCC/C=C\CNCc1ccccc1. The van der Waals surface area contributed by atoms with E-state index in [0.29, 0.717) is 0 Å². The van der Waals surface area contributed by atoms with Gasteiger partial charge in [0, 0.05) is 13.1 Å². The molecule has 0 saturated carbocycles. The fourth-order valence-corrected chi connectivity index (χ4v) is 1.48. The van der Waals surface area contributed by atoms with E-state index < -0.39 is 0 Å². The maximum absolute atomic E-state index is 3.71. The first-order valence-corrected chi connectivity index (χ1v) is 5.94. The number of benzene rings is 1. The van der Waals surface area contributed by atoms with Crippen molar-refractivity contribution in [2.75, 3.05) is 6.54 Å². The van der Waals surface area contributed by atoms with Gasteiger partial charge in [-0.05, 0) is 24.8 Å². The highest BCUT2D eigenvalue weighted by Gasteiger charge is 1.87. The lowest BCUT2D eigenvalue weighted by Gasteiger charge is -2.00. The van der Waals surface area contributed by atoms with E-state index in [1.165, 1.54) is 12.0 Å². The van der Waals surface area contributed by atoms with E-state index in [9.17, 15) is 0 Å². The zero-order chi connectivity index (χ0) is 11.5. The minimum atomic E-state index is 0.942. The van der Waals surface area contributed by atoms with Gasteiger partial charge in [0.2, 0.25) is 0 Å². The molecule has 0 saturated heterocycles. The van der Waals surface area contributed by atoms with Crippen LogP contribution in [0.4, 0.5) is 0 Å². The largest absolute Gasteiger partial charge is 0.309 e. The molecule has 1 aromatic rings. The first-order valence-electron chi connectivity index (χ1n) is 5.94. The standard InChI is InChI=1S/C15H21N/c1-2-3-4-5-6-10-13-16-14-15-11-8-7-9-12-15/h2,6-12,16H,1,3-5,13-14H2/b10-6-. The van der Waals surface area contributed by atoms with Gasteiger partial charge < -0.3 is 5.32 Å². The van der Waals surface area contributed by atoms with Crippen LogP contribution >= 0.6 is 0 Å². The minimum Gasteiger partial charge on any atom is -0.309 e. The Hall–Kier alpha value is -1.34. The van der Waals surface area contributed by atoms with Gasteiger partial charge in [-0.2, -0.15) is 0 Å². The Bertz CT molecular complexity index is 300. The maximum atomic E-state index is 3.71. The van der Waals surface area contributed by atoms with Gasteiger partial charge >= 0.3 is 0 Å². The van der Waals surface area contributed by atoms with Gasteiger partial charge in [0.25, 0.3) is 0 Å². The van der Waals surface area contributed by atoms with E-state index in [1.807, 2.05) is 12.1 Å². The molecule has 16 heavy (non-hydrogen) atoms. The third kappa shape index (κ3) is 6.20. The normalized spacial score (nSPS) is 10.8. The molecule has 0 fully saturated rings. The number of allylic oxidation sites excluding steroid dienone is 2. The zero-order valence-electron chi connectivity index (χ0n) is 9.86. The van der Waals surface area contributed by atoms with Gasteiger partial charge in [0.1, 0.15) is 0 Å². The molecule has 0 heterocycles. The van der Waals surface area contributed by atoms with Crippen molar-refractivity contribution in [1.29, 1.82) is 0 Å². The molecule has 0 aromatic heterocycles. The lowest BCUT2D eigenvalue weighted by molar-refractivity contribution is 0.756. The fourth-order valence-electron chi connectivity index (χ4n) is 1.48. The van der Waals surface area contributed by atoms with Crippen molar-refractivity contribution in [2.24, 2.45) is 0 Å². The Labute approximate surface area is 98.9 Å². The van der Waals surface area contributed by atoms with E-state index in [1.54, 1.807) is 0 Å². The highest BCUT2D eigenvalue weighted by atomic mass is 14.8. The van der Waals surface area contributed by atoms with Crippen molar-refractivity contribution in [2.45, 2.75) is 25.8 Å². The highest BCUT2D eigenvalue weighted by Crippen LogP contribution is 1.98. The van der Waals surface area contributed by atoms with E-state index in [4.69, 9.17) is 0 Å². The smallest absolute Gasteiger partial charge is 0.0208 e. The molecular weight excluding hydrogens is 194 g/mol. The van der Waals surface area contributed by atoms with Crippen LogP contribution in [0.5, 0.6) is 0 Å². The summed E-state index contributed by atoms with van der Waals surface area (Å²) in [5, 5.41) is 3.39. The van der Waals surface area contributed by atoms with E-state index in [0.717, 1.165) is 25.9 Å². The Morgan fingerprint density at radius 3 is 2.62 bits per heavy atom. The van der Waals surface area contributed by atoms with Crippen LogP contribution in [0.15, 0.2) is 55.1 Å². The van der Waals surface area contributed by atoms with Crippen molar-refractivity contribution in [1.82, 2.24) is 5.32 Å². The van der Waals surface area contributed by atoms with E-state index in [2.05, 4.69) is 48.3 Å². The Morgan fingerprint density at radius 2 is 1.88 bits per heavy atom. The number of hydrogen-bond donors (Lipinski definition) is 1. The Morgan fingerprint density at radius 1 is 1.06 bits per heavy atom. The van der Waals surface area contributed by atoms with Gasteiger partial charge in [-0.1, -0.05) is 48.6 Å². The lowest BCUT2D eigenvalue weighted by atomic mass is 10.2. The molecule has 0 amide bonds. The zero-order valence-corrected chi connectivity index (χ0v) is 9.86. The van der Waals surface area contributed by atoms with Crippen LogP contribution in [-0.2, 0) is 6.54 Å². The summed E-state index contributed by atoms with van der Waals surface area (Å²) in [5.41, 5.74) is 1.34. The predicted molar refractivity (Wildman–Crippen MR) is 71.3 cm³/mol. The number of rotatable bonds is 8. The molecule has 0 aliphatic carbocycles. The topological polar surface area (TPSA) is 12.0 Å². The van der Waals surface area contributed by atoms with E-state index in [-0.39, 0.29) is 0 Å². The molecule has 0 spiro atoms. The van der Waals surface area contributed by atoms with Crippen molar-refractivity contribution in [3.8, 4) is 0 Å². The van der Waals surface area contributed by atoms with Crippen LogP contribution in [-0.4, -0.2) is 6.54 Å². The quantitative estimate of drug-likeness (QED) is 0.515. The van der Waals surface area contributed by atoms with Crippen LogP contribution in [0.25, 0.3) is 0 Å². The summed E-state index contributed by atoms with van der Waals surface area (Å²) < 4.78 is 0. The molecular formula is C15H21N. The molecule has 0 aliphatic rings. The summed E-state index contributed by atoms with van der Waals surface area (Å²) in [6, 6.07) is 10.5. The molecule has 0 unspecified atom stereocenters.